The van der Waals surface area contributed by atoms with Crippen LogP contribution in [-0.2, 0) is 29.4 Å². The minimum Gasteiger partial charge on any atom is -0.508 e. The highest BCUT2D eigenvalue weighted by atomic mass is 35.5. The largest absolute Gasteiger partial charge is 0.508 e. The van der Waals surface area contributed by atoms with Crippen LogP contribution in [-0.4, -0.2) is 63.4 Å². The summed E-state index contributed by atoms with van der Waals surface area (Å²) in [5.74, 6) is -7.80. The molecular formula is C37H33ClFN3O8. The van der Waals surface area contributed by atoms with Gasteiger partial charge in [0.05, 0.1) is 36.0 Å². The summed E-state index contributed by atoms with van der Waals surface area (Å²) in [7, 11) is 1.46. The SMILES string of the molecule is COc1ccc(O)c(C2C3=CCC4C(=O)N(CCCC(=O)O)C(=O)C4C3CC3C(=O)N(Nc4ccc(F)cc4)C(=O)C32c2ccc(Cl)cc2)c1. The van der Waals surface area contributed by atoms with E-state index < -0.39 is 70.4 Å². The van der Waals surface area contributed by atoms with Gasteiger partial charge in [-0.1, -0.05) is 35.4 Å². The van der Waals surface area contributed by atoms with Crippen LogP contribution >= 0.6 is 11.6 Å². The monoisotopic (exact) mass is 701 g/mol. The first-order valence-corrected chi connectivity index (χ1v) is 16.7. The van der Waals surface area contributed by atoms with Crippen molar-refractivity contribution in [2.24, 2.45) is 23.7 Å². The van der Waals surface area contributed by atoms with E-state index >= 15 is 4.79 Å². The number of methoxy groups -OCH3 is 1. The third-order valence-electron chi connectivity index (χ3n) is 10.7. The number of rotatable bonds is 9. The minimum absolute atomic E-state index is 0.0189. The number of carbonyl (C=O) groups is 5. The number of allylic oxidation sites excluding steroid dienone is 2. The van der Waals surface area contributed by atoms with E-state index in [2.05, 4.69) is 5.43 Å². The van der Waals surface area contributed by atoms with Crippen molar-refractivity contribution in [1.29, 1.82) is 0 Å². The molecule has 50 heavy (non-hydrogen) atoms. The van der Waals surface area contributed by atoms with E-state index in [-0.39, 0.29) is 43.7 Å². The van der Waals surface area contributed by atoms with Crippen LogP contribution < -0.4 is 10.2 Å². The molecule has 6 atom stereocenters. The number of phenols is 1. The van der Waals surface area contributed by atoms with Crippen molar-refractivity contribution in [3.8, 4) is 11.5 Å². The summed E-state index contributed by atoms with van der Waals surface area (Å²) in [5.41, 5.74) is 2.86. The summed E-state index contributed by atoms with van der Waals surface area (Å²) in [6.45, 7) is -0.0515. The molecule has 0 aromatic heterocycles. The van der Waals surface area contributed by atoms with Crippen LogP contribution in [0, 0.1) is 29.5 Å². The molecule has 11 nitrogen and oxygen atoms in total. The summed E-state index contributed by atoms with van der Waals surface area (Å²) >= 11 is 6.31. The minimum atomic E-state index is -1.67. The Labute approximate surface area is 291 Å². The van der Waals surface area contributed by atoms with Crippen LogP contribution in [0.4, 0.5) is 10.1 Å². The summed E-state index contributed by atoms with van der Waals surface area (Å²) in [5, 5.41) is 22.0. The molecule has 2 aliphatic carbocycles. The van der Waals surface area contributed by atoms with E-state index in [1.165, 1.54) is 37.4 Å². The number of hydrogen-bond acceptors (Lipinski definition) is 8. The van der Waals surface area contributed by atoms with Gasteiger partial charge in [0.2, 0.25) is 11.8 Å². The summed E-state index contributed by atoms with van der Waals surface area (Å²) < 4.78 is 19.3. The average Bonchev–Trinajstić information content (AvgIpc) is 3.47. The number of aliphatic carboxylic acids is 1. The molecule has 4 aliphatic rings. The molecule has 0 bridgehead atoms. The van der Waals surface area contributed by atoms with Crippen LogP contribution in [0.1, 0.15) is 42.7 Å². The Hall–Kier alpha value is -5.23. The van der Waals surface area contributed by atoms with Crippen molar-refractivity contribution >= 4 is 46.9 Å². The molecule has 4 amide bonds. The highest BCUT2D eigenvalue weighted by Crippen LogP contribution is 2.65. The van der Waals surface area contributed by atoms with Gasteiger partial charge in [-0.15, -0.1) is 0 Å². The molecular weight excluding hydrogens is 669 g/mol. The predicted octanol–water partition coefficient (Wildman–Crippen LogP) is 5.04. The lowest BCUT2D eigenvalue weighted by molar-refractivity contribution is -0.142. The summed E-state index contributed by atoms with van der Waals surface area (Å²) in [6, 6.07) is 16.4. The maximum absolute atomic E-state index is 15.1. The maximum Gasteiger partial charge on any atom is 0.303 e. The molecule has 3 N–H and O–H groups in total. The molecule has 0 radical (unpaired) electrons. The smallest absolute Gasteiger partial charge is 0.303 e. The number of imide groups is 2. The highest BCUT2D eigenvalue weighted by Gasteiger charge is 2.70. The molecule has 2 saturated heterocycles. The molecule has 13 heteroatoms. The first-order valence-electron chi connectivity index (χ1n) is 16.3. The Bertz CT molecular complexity index is 1950. The molecule has 6 unspecified atom stereocenters. The van der Waals surface area contributed by atoms with E-state index in [0.29, 0.717) is 27.5 Å². The molecule has 3 aromatic carbocycles. The lowest BCUT2D eigenvalue weighted by Crippen LogP contribution is -2.53. The number of nitrogens with one attached hydrogen (secondary N) is 1. The molecule has 1 saturated carbocycles. The first kappa shape index (κ1) is 33.3. The second-order valence-corrected chi connectivity index (χ2v) is 13.6. The Morgan fingerprint density at radius 3 is 2.40 bits per heavy atom. The summed E-state index contributed by atoms with van der Waals surface area (Å²) in [6.07, 6.45) is 1.92. The number of nitrogens with zero attached hydrogens (tertiary/aromatic N) is 2. The zero-order valence-corrected chi connectivity index (χ0v) is 27.6. The number of hydrazine groups is 1. The van der Waals surface area contributed by atoms with Crippen molar-refractivity contribution in [2.75, 3.05) is 19.1 Å². The van der Waals surface area contributed by atoms with E-state index in [0.717, 1.165) is 9.91 Å². The van der Waals surface area contributed by atoms with E-state index in [1.54, 1.807) is 36.4 Å². The number of fused-ring (bicyclic) bond motifs is 4. The van der Waals surface area contributed by atoms with Crippen LogP contribution in [0.3, 0.4) is 0 Å². The van der Waals surface area contributed by atoms with Gasteiger partial charge in [-0.05, 0) is 85.3 Å². The number of anilines is 1. The Kier molecular flexibility index (Phi) is 8.37. The van der Waals surface area contributed by atoms with Crippen molar-refractivity contribution in [1.82, 2.24) is 9.91 Å². The summed E-state index contributed by atoms with van der Waals surface area (Å²) in [4.78, 5) is 69.8. The number of carboxylic acids is 1. The van der Waals surface area contributed by atoms with E-state index in [1.807, 2.05) is 6.08 Å². The zero-order chi connectivity index (χ0) is 35.5. The van der Waals surface area contributed by atoms with Gasteiger partial charge in [-0.3, -0.25) is 34.3 Å². The fraction of sp³-hybridized carbons (Fsp3) is 0.324. The molecule has 0 spiro atoms. The first-order chi connectivity index (χ1) is 24.0. The van der Waals surface area contributed by atoms with Gasteiger partial charge in [-0.2, -0.15) is 5.01 Å². The fourth-order valence-corrected chi connectivity index (χ4v) is 8.69. The molecule has 3 fully saturated rings. The number of halogens is 2. The Balaban J connectivity index is 1.42. The van der Waals surface area contributed by atoms with Gasteiger partial charge in [0, 0.05) is 29.5 Å². The number of amides is 4. The number of carboxylic acid groups (broad SMARTS) is 1. The van der Waals surface area contributed by atoms with Gasteiger partial charge in [0.15, 0.2) is 0 Å². The standard InChI is InChI=1S/C37H33ClFN3O8/c1-50-23-12-15-29(43)27(17-23)32-24-13-14-25-31(35(48)41(33(25)46)16-2-3-30(44)45)26(24)18-28-34(47)42(40-22-10-8-21(39)9-11-22)36(49)37(28,32)19-4-6-20(38)7-5-19/h4-13,15,17,25-26,28,31-32,40,43H,2-3,14,16,18H2,1H3,(H,44,45). The molecule has 2 heterocycles. The van der Waals surface area contributed by atoms with Gasteiger partial charge < -0.3 is 14.9 Å². The van der Waals surface area contributed by atoms with Gasteiger partial charge in [0.1, 0.15) is 17.3 Å². The second kappa shape index (κ2) is 12.6. The Morgan fingerprint density at radius 1 is 1.00 bits per heavy atom. The van der Waals surface area contributed by atoms with Crippen molar-refractivity contribution < 1.29 is 43.3 Å². The quantitative estimate of drug-likeness (QED) is 0.206. The number of benzene rings is 3. The van der Waals surface area contributed by atoms with Crippen LogP contribution in [0.5, 0.6) is 11.5 Å². The van der Waals surface area contributed by atoms with Crippen LogP contribution in [0.15, 0.2) is 78.4 Å². The average molecular weight is 702 g/mol. The van der Waals surface area contributed by atoms with Crippen molar-refractivity contribution in [2.45, 2.75) is 37.0 Å². The molecule has 258 valence electrons. The number of ether oxygens (including phenoxy) is 1. The zero-order valence-electron chi connectivity index (χ0n) is 26.8. The number of likely N-dealkylation sites (tertiary alicyclic amines) is 1. The van der Waals surface area contributed by atoms with Crippen LogP contribution in [0.2, 0.25) is 5.02 Å². The van der Waals surface area contributed by atoms with Gasteiger partial charge >= 0.3 is 5.97 Å². The molecule has 7 rings (SSSR count). The van der Waals surface area contributed by atoms with E-state index in [9.17, 15) is 28.7 Å². The maximum atomic E-state index is 15.1. The lowest BCUT2D eigenvalue weighted by Gasteiger charge is -2.50. The number of hydrogen-bond donors (Lipinski definition) is 3. The molecule has 3 aromatic rings. The number of aromatic hydroxyl groups is 1. The predicted molar refractivity (Wildman–Crippen MR) is 177 cm³/mol. The van der Waals surface area contributed by atoms with Gasteiger partial charge in [-0.25, -0.2) is 4.39 Å². The Morgan fingerprint density at radius 2 is 1.72 bits per heavy atom. The topological polar surface area (TPSA) is 154 Å². The third kappa shape index (κ3) is 5.12. The molecule has 2 aliphatic heterocycles. The number of phenolic OH excluding ortho intramolecular Hbond substituents is 1. The number of carbonyl (C=O) groups excluding carboxylic acids is 4. The van der Waals surface area contributed by atoms with E-state index in [4.69, 9.17) is 21.4 Å². The van der Waals surface area contributed by atoms with Crippen molar-refractivity contribution in [3.05, 3.63) is 100 Å². The lowest BCUT2D eigenvalue weighted by atomic mass is 9.49. The second-order valence-electron chi connectivity index (χ2n) is 13.1. The van der Waals surface area contributed by atoms with Crippen LogP contribution in [0.25, 0.3) is 0 Å². The third-order valence-corrected chi connectivity index (χ3v) is 10.9. The van der Waals surface area contributed by atoms with Crippen molar-refractivity contribution in [3.63, 3.8) is 0 Å². The van der Waals surface area contributed by atoms with Gasteiger partial charge in [0.25, 0.3) is 11.8 Å². The normalized spacial score (nSPS) is 27.1. The fourth-order valence-electron chi connectivity index (χ4n) is 8.56. The highest BCUT2D eigenvalue weighted by molar-refractivity contribution is 6.30.